The number of nitrogens with zero attached hydrogens (tertiary/aromatic N) is 2. The first-order valence-electron chi connectivity index (χ1n) is 8.99. The molecular weight excluding hydrogens is 411 g/mol. The second-order valence-electron chi connectivity index (χ2n) is 7.13. The summed E-state index contributed by atoms with van der Waals surface area (Å²) < 4.78 is 0. The van der Waals surface area contributed by atoms with Crippen molar-refractivity contribution in [2.24, 2.45) is 11.7 Å². The van der Waals surface area contributed by atoms with Crippen molar-refractivity contribution < 1.29 is 9.59 Å². The van der Waals surface area contributed by atoms with Crippen LogP contribution in [-0.4, -0.2) is 40.3 Å². The summed E-state index contributed by atoms with van der Waals surface area (Å²) in [6, 6.07) is 3.37. The number of nitrogens with one attached hydrogen (secondary N) is 1. The van der Waals surface area contributed by atoms with E-state index in [0.717, 1.165) is 32.1 Å². The molecule has 0 aromatic carbocycles. The van der Waals surface area contributed by atoms with Gasteiger partial charge >= 0.3 is 0 Å². The first-order valence-corrected chi connectivity index (χ1v) is 9.36. The highest BCUT2D eigenvalue weighted by Gasteiger charge is 2.39. The molecule has 2 heterocycles. The van der Waals surface area contributed by atoms with E-state index >= 15 is 0 Å². The summed E-state index contributed by atoms with van der Waals surface area (Å²) in [7, 11) is 0. The molecule has 6 nitrogen and oxygen atoms in total. The highest BCUT2D eigenvalue weighted by molar-refractivity contribution is 6.30. The van der Waals surface area contributed by atoms with Gasteiger partial charge in [0, 0.05) is 25.2 Å². The minimum absolute atomic E-state index is 0. The number of aromatic nitrogens is 1. The molecule has 0 unspecified atom stereocenters. The van der Waals surface area contributed by atoms with Crippen molar-refractivity contribution in [3.63, 3.8) is 0 Å². The van der Waals surface area contributed by atoms with Gasteiger partial charge in [-0.3, -0.25) is 9.59 Å². The molecule has 1 aliphatic heterocycles. The molecule has 1 aliphatic carbocycles. The normalized spacial score (nSPS) is 19.4. The predicted octanol–water partition coefficient (Wildman–Crippen LogP) is 3.42. The number of hydrogen-bond donors (Lipinski definition) is 2. The molecule has 2 aliphatic rings. The number of nitrogens with two attached hydrogens (primary N) is 1. The molecule has 3 rings (SSSR count). The molecule has 1 saturated carbocycles. The smallest absolute Gasteiger partial charge is 0.242 e. The van der Waals surface area contributed by atoms with Gasteiger partial charge in [-0.25, -0.2) is 4.98 Å². The molecule has 0 atom stereocenters. The van der Waals surface area contributed by atoms with Crippen molar-refractivity contribution in [1.29, 1.82) is 0 Å². The van der Waals surface area contributed by atoms with Gasteiger partial charge in [0.2, 0.25) is 11.8 Å². The summed E-state index contributed by atoms with van der Waals surface area (Å²) in [5.74, 6) is 0.394. The number of likely N-dealkylation sites (tertiary alicyclic amines) is 1. The van der Waals surface area contributed by atoms with Crippen LogP contribution in [0, 0.1) is 5.92 Å². The fourth-order valence-corrected chi connectivity index (χ4v) is 3.85. The Morgan fingerprint density at radius 1 is 1.15 bits per heavy atom. The van der Waals surface area contributed by atoms with Crippen molar-refractivity contribution in [2.45, 2.75) is 50.5 Å². The standard InChI is InChI=1S/C18H25ClN4O2.2ClH/c19-14-4-5-15(21-12-14)22-16(24)13-6-10-23(11-7-13)17(25)18(20)8-2-1-3-9-18;;/h4-5,12-13H,1-3,6-11,20H2,(H,21,22,24);2*1H. The molecule has 0 radical (unpaired) electrons. The Hall–Kier alpha value is -1.08. The van der Waals surface area contributed by atoms with Gasteiger partial charge in [-0.15, -0.1) is 24.8 Å². The van der Waals surface area contributed by atoms with Crippen LogP contribution >= 0.6 is 36.4 Å². The Labute approximate surface area is 177 Å². The zero-order chi connectivity index (χ0) is 17.9. The molecule has 1 aromatic rings. The third-order valence-corrected chi connectivity index (χ3v) is 5.53. The van der Waals surface area contributed by atoms with E-state index in [1.165, 1.54) is 6.20 Å². The van der Waals surface area contributed by atoms with Gasteiger partial charge in [-0.05, 0) is 37.8 Å². The molecule has 0 spiro atoms. The fraction of sp³-hybridized carbons (Fsp3) is 0.611. The molecular formula is C18H27Cl3N4O2. The lowest BCUT2D eigenvalue weighted by Crippen LogP contribution is -2.58. The van der Waals surface area contributed by atoms with Crippen LogP contribution in [0.25, 0.3) is 0 Å². The Kier molecular flexibility index (Phi) is 9.28. The minimum Gasteiger partial charge on any atom is -0.341 e. The molecule has 152 valence electrons. The zero-order valence-corrected chi connectivity index (χ0v) is 17.5. The largest absolute Gasteiger partial charge is 0.341 e. The van der Waals surface area contributed by atoms with Crippen LogP contribution in [0.3, 0.4) is 0 Å². The molecule has 1 saturated heterocycles. The van der Waals surface area contributed by atoms with E-state index in [0.29, 0.717) is 36.8 Å². The van der Waals surface area contributed by atoms with Crippen LogP contribution in [0.15, 0.2) is 18.3 Å². The van der Waals surface area contributed by atoms with Crippen molar-refractivity contribution in [3.8, 4) is 0 Å². The second-order valence-corrected chi connectivity index (χ2v) is 7.57. The number of carbonyl (C=O) groups is 2. The molecule has 9 heteroatoms. The molecule has 1 aromatic heterocycles. The van der Waals surface area contributed by atoms with Gasteiger partial charge in [0.05, 0.1) is 10.6 Å². The van der Waals surface area contributed by atoms with E-state index < -0.39 is 5.54 Å². The average Bonchev–Trinajstić information content (AvgIpc) is 2.64. The Morgan fingerprint density at radius 3 is 2.33 bits per heavy atom. The topological polar surface area (TPSA) is 88.3 Å². The highest BCUT2D eigenvalue weighted by atomic mass is 35.5. The van der Waals surface area contributed by atoms with Crippen LogP contribution < -0.4 is 11.1 Å². The quantitative estimate of drug-likeness (QED) is 0.758. The fourth-order valence-electron chi connectivity index (χ4n) is 3.73. The lowest BCUT2D eigenvalue weighted by molar-refractivity contribution is -0.140. The second kappa shape index (κ2) is 10.5. The summed E-state index contributed by atoms with van der Waals surface area (Å²) in [6.45, 7) is 1.17. The third-order valence-electron chi connectivity index (χ3n) is 5.30. The summed E-state index contributed by atoms with van der Waals surface area (Å²) in [5.41, 5.74) is 5.66. The number of amides is 2. The molecule has 2 fully saturated rings. The molecule has 0 bridgehead atoms. The lowest BCUT2D eigenvalue weighted by atomic mass is 9.81. The Bertz CT molecular complexity index is 628. The lowest BCUT2D eigenvalue weighted by Gasteiger charge is -2.39. The predicted molar refractivity (Wildman–Crippen MR) is 112 cm³/mol. The van der Waals surface area contributed by atoms with Crippen LogP contribution in [0.2, 0.25) is 5.02 Å². The minimum atomic E-state index is -0.694. The zero-order valence-electron chi connectivity index (χ0n) is 15.2. The molecule has 3 N–H and O–H groups in total. The van der Waals surface area contributed by atoms with Crippen molar-refractivity contribution in [1.82, 2.24) is 9.88 Å². The van der Waals surface area contributed by atoms with E-state index in [-0.39, 0.29) is 42.5 Å². The Balaban J connectivity index is 0.00000182. The van der Waals surface area contributed by atoms with Crippen molar-refractivity contribution in [2.75, 3.05) is 18.4 Å². The SMILES string of the molecule is Cl.Cl.NC1(C(=O)N2CCC(C(=O)Nc3ccc(Cl)cn3)CC2)CCCCC1. The number of pyridine rings is 1. The van der Waals surface area contributed by atoms with E-state index in [9.17, 15) is 9.59 Å². The van der Waals surface area contributed by atoms with Gasteiger partial charge in [-0.1, -0.05) is 30.9 Å². The van der Waals surface area contributed by atoms with Crippen molar-refractivity contribution in [3.05, 3.63) is 23.4 Å². The van der Waals surface area contributed by atoms with Gasteiger partial charge < -0.3 is 16.0 Å². The maximum Gasteiger partial charge on any atom is 0.242 e. The number of carbonyl (C=O) groups excluding carboxylic acids is 2. The number of rotatable bonds is 3. The van der Waals surface area contributed by atoms with Crippen LogP contribution in [0.4, 0.5) is 5.82 Å². The third kappa shape index (κ3) is 5.95. The van der Waals surface area contributed by atoms with Gasteiger partial charge in [0.1, 0.15) is 5.82 Å². The summed E-state index contributed by atoms with van der Waals surface area (Å²) in [4.78, 5) is 31.1. The number of hydrogen-bond acceptors (Lipinski definition) is 4. The van der Waals surface area contributed by atoms with E-state index in [1.54, 1.807) is 12.1 Å². The number of halogens is 3. The average molecular weight is 438 g/mol. The van der Waals surface area contributed by atoms with Gasteiger partial charge in [-0.2, -0.15) is 0 Å². The maximum absolute atomic E-state index is 12.8. The van der Waals surface area contributed by atoms with Crippen LogP contribution in [0.5, 0.6) is 0 Å². The van der Waals surface area contributed by atoms with Crippen molar-refractivity contribution >= 4 is 54.0 Å². The summed E-state index contributed by atoms with van der Waals surface area (Å²) >= 11 is 5.80. The van der Waals surface area contributed by atoms with Crippen LogP contribution in [0.1, 0.15) is 44.9 Å². The number of anilines is 1. The van der Waals surface area contributed by atoms with E-state index in [2.05, 4.69) is 10.3 Å². The molecule has 27 heavy (non-hydrogen) atoms. The summed E-state index contributed by atoms with van der Waals surface area (Å²) in [6.07, 6.45) is 7.56. The maximum atomic E-state index is 12.8. The van der Waals surface area contributed by atoms with E-state index in [1.807, 2.05) is 4.90 Å². The van der Waals surface area contributed by atoms with E-state index in [4.69, 9.17) is 17.3 Å². The van der Waals surface area contributed by atoms with Gasteiger partial charge in [0.15, 0.2) is 0 Å². The summed E-state index contributed by atoms with van der Waals surface area (Å²) in [5, 5.41) is 3.35. The van der Waals surface area contributed by atoms with Gasteiger partial charge in [0.25, 0.3) is 0 Å². The number of piperidine rings is 1. The molecule has 2 amide bonds. The first-order chi connectivity index (χ1) is 12.0. The first kappa shape index (κ1) is 24.0. The highest BCUT2D eigenvalue weighted by Crippen LogP contribution is 2.29. The monoisotopic (exact) mass is 436 g/mol. The van der Waals surface area contributed by atoms with Crippen LogP contribution in [-0.2, 0) is 9.59 Å². The Morgan fingerprint density at radius 2 is 1.78 bits per heavy atom.